The summed E-state index contributed by atoms with van der Waals surface area (Å²) in [4.78, 5) is 14.6. The van der Waals surface area contributed by atoms with E-state index >= 15 is 0 Å². The minimum atomic E-state index is 0.0811. The molecule has 2 bridgehead atoms. The fourth-order valence-corrected chi connectivity index (χ4v) is 7.63. The smallest absolute Gasteiger partial charge is 0.317 e. The first-order valence-electron chi connectivity index (χ1n) is 16.2. The highest BCUT2D eigenvalue weighted by Gasteiger charge is 2.38. The molecule has 3 heterocycles. The number of urea groups is 1. The highest BCUT2D eigenvalue weighted by molar-refractivity contribution is 5.83. The number of hydrogen-bond donors (Lipinski definition) is 1. The van der Waals surface area contributed by atoms with E-state index < -0.39 is 0 Å². The van der Waals surface area contributed by atoms with E-state index in [0.29, 0.717) is 30.2 Å². The van der Waals surface area contributed by atoms with Gasteiger partial charge in [0.15, 0.2) is 0 Å². The van der Waals surface area contributed by atoms with E-state index in [0.717, 1.165) is 25.2 Å². The average Bonchev–Trinajstić information content (AvgIpc) is 3.48. The third kappa shape index (κ3) is 6.00. The Morgan fingerprint density at radius 1 is 1.12 bits per heavy atom. The van der Waals surface area contributed by atoms with Gasteiger partial charge in [-0.2, -0.15) is 0 Å². The quantitative estimate of drug-likeness (QED) is 0.363. The van der Waals surface area contributed by atoms with E-state index in [1.165, 1.54) is 72.1 Å². The molecule has 0 radical (unpaired) electrons. The summed E-state index contributed by atoms with van der Waals surface area (Å²) in [5.41, 5.74) is 10.5. The van der Waals surface area contributed by atoms with Gasteiger partial charge in [-0.15, -0.1) is 0 Å². The van der Waals surface area contributed by atoms with Crippen LogP contribution in [-0.2, 0) is 0 Å². The number of hydrogen-bond acceptors (Lipinski definition) is 1. The van der Waals surface area contributed by atoms with Gasteiger partial charge in [0.05, 0.1) is 5.69 Å². The number of carbonyl (C=O) groups excluding carboxylic acids is 1. The Labute approximate surface area is 252 Å². The molecule has 2 aromatic rings. The van der Waals surface area contributed by atoms with Gasteiger partial charge in [0.2, 0.25) is 0 Å². The van der Waals surface area contributed by atoms with Gasteiger partial charge < -0.3 is 14.8 Å². The van der Waals surface area contributed by atoms with Crippen LogP contribution in [0.5, 0.6) is 0 Å². The molecule has 0 spiro atoms. The maximum Gasteiger partial charge on any atom is 0.317 e. The van der Waals surface area contributed by atoms with Gasteiger partial charge >= 0.3 is 6.03 Å². The maximum atomic E-state index is 12.5. The van der Waals surface area contributed by atoms with E-state index in [1.807, 2.05) is 11.8 Å². The molecule has 6 rings (SSSR count). The highest BCUT2D eigenvalue weighted by Crippen LogP contribution is 2.43. The van der Waals surface area contributed by atoms with Crippen LogP contribution in [0.2, 0.25) is 0 Å². The predicted molar refractivity (Wildman–Crippen MR) is 176 cm³/mol. The molecule has 2 aliphatic carbocycles. The first kappa shape index (κ1) is 28.6. The Morgan fingerprint density at radius 2 is 1.95 bits per heavy atom. The van der Waals surface area contributed by atoms with Crippen molar-refractivity contribution in [2.75, 3.05) is 19.6 Å². The summed E-state index contributed by atoms with van der Waals surface area (Å²) in [6, 6.07) is 11.8. The fourth-order valence-electron chi connectivity index (χ4n) is 7.63. The molecule has 2 aliphatic heterocycles. The van der Waals surface area contributed by atoms with Crippen molar-refractivity contribution < 1.29 is 4.79 Å². The highest BCUT2D eigenvalue weighted by atomic mass is 16.2. The number of nitrogens with one attached hydrogen (secondary N) is 1. The predicted octanol–water partition coefficient (Wildman–Crippen LogP) is 9.21. The van der Waals surface area contributed by atoms with Gasteiger partial charge in [-0.1, -0.05) is 80.1 Å². The summed E-state index contributed by atoms with van der Waals surface area (Å²) in [5.74, 6) is 2.33. The number of amides is 2. The lowest BCUT2D eigenvalue weighted by Crippen LogP contribution is -2.46. The van der Waals surface area contributed by atoms with Crippen LogP contribution >= 0.6 is 0 Å². The van der Waals surface area contributed by atoms with Crippen LogP contribution in [0, 0.1) is 17.8 Å². The van der Waals surface area contributed by atoms with Gasteiger partial charge in [0, 0.05) is 37.1 Å². The van der Waals surface area contributed by atoms with Crippen LogP contribution in [0.15, 0.2) is 84.6 Å². The molecule has 1 N–H and O–H groups in total. The number of aromatic nitrogens is 1. The molecule has 4 nitrogen and oxygen atoms in total. The average molecular weight is 562 g/mol. The topological polar surface area (TPSA) is 37.3 Å². The molecular formula is C38H47N3O. The third-order valence-corrected chi connectivity index (χ3v) is 9.93. The SMILES string of the molecule is C=C1C=CC=C(/C=C2/CC3CC2CN(C(=O)NCC)C3)c2cc(-c3ccc(C4CC/C=C(\C(C)C)CCC4)cc3)cn21. The molecule has 1 aromatic carbocycles. The maximum absolute atomic E-state index is 12.5. The molecule has 3 unspecified atom stereocenters. The Kier molecular flexibility index (Phi) is 8.42. The van der Waals surface area contributed by atoms with Gasteiger partial charge in [0.1, 0.15) is 0 Å². The third-order valence-electron chi connectivity index (χ3n) is 9.93. The number of likely N-dealkylation sites (tertiary alicyclic amines) is 1. The molecule has 4 aliphatic rings. The first-order chi connectivity index (χ1) is 20.4. The number of piperidine rings is 1. The first-order valence-corrected chi connectivity index (χ1v) is 16.2. The van der Waals surface area contributed by atoms with E-state index in [4.69, 9.17) is 0 Å². The van der Waals surface area contributed by atoms with Gasteiger partial charge in [-0.05, 0) is 104 Å². The Hall–Kier alpha value is -3.53. The zero-order valence-electron chi connectivity index (χ0n) is 25.7. The zero-order valence-corrected chi connectivity index (χ0v) is 25.7. The molecule has 220 valence electrons. The van der Waals surface area contributed by atoms with Crippen molar-refractivity contribution in [1.29, 1.82) is 0 Å². The van der Waals surface area contributed by atoms with Crippen molar-refractivity contribution in [2.45, 2.75) is 71.6 Å². The summed E-state index contributed by atoms with van der Waals surface area (Å²) in [6.07, 6.45) is 22.1. The van der Waals surface area contributed by atoms with Crippen molar-refractivity contribution in [2.24, 2.45) is 17.8 Å². The normalized spacial score (nSPS) is 26.3. The molecule has 3 atom stereocenters. The second kappa shape index (κ2) is 12.4. The molecule has 4 heteroatoms. The molecule has 1 saturated heterocycles. The van der Waals surface area contributed by atoms with E-state index in [9.17, 15) is 4.79 Å². The van der Waals surface area contributed by atoms with Gasteiger partial charge in [-0.3, -0.25) is 0 Å². The molecule has 1 aromatic heterocycles. The number of rotatable bonds is 5. The zero-order chi connectivity index (χ0) is 29.2. The van der Waals surface area contributed by atoms with Gasteiger partial charge in [-0.25, -0.2) is 4.79 Å². The molecule has 2 fully saturated rings. The largest absolute Gasteiger partial charge is 0.338 e. The summed E-state index contributed by atoms with van der Waals surface area (Å²) in [7, 11) is 0. The van der Waals surface area contributed by atoms with Crippen molar-refractivity contribution in [3.05, 3.63) is 95.9 Å². The lowest BCUT2D eigenvalue weighted by atomic mass is 9.84. The molecule has 2 amide bonds. The summed E-state index contributed by atoms with van der Waals surface area (Å²) in [6.45, 7) is 13.4. The second-order valence-corrected chi connectivity index (χ2v) is 13.1. The fraction of sp³-hybridized carbons (Fsp3) is 0.447. The van der Waals surface area contributed by atoms with E-state index in [2.05, 4.69) is 97.2 Å². The number of nitrogens with zero attached hydrogens (tertiary/aromatic N) is 2. The summed E-state index contributed by atoms with van der Waals surface area (Å²) in [5, 5.41) is 2.99. The van der Waals surface area contributed by atoms with E-state index in [-0.39, 0.29) is 6.03 Å². The molecule has 42 heavy (non-hydrogen) atoms. The Morgan fingerprint density at radius 3 is 2.74 bits per heavy atom. The molecule has 1 saturated carbocycles. The lowest BCUT2D eigenvalue weighted by molar-refractivity contribution is 0.165. The number of fused-ring (bicyclic) bond motifs is 3. The van der Waals surface area contributed by atoms with Gasteiger partial charge in [0.25, 0.3) is 0 Å². The number of allylic oxidation sites excluding steroid dienone is 8. The van der Waals surface area contributed by atoms with Crippen molar-refractivity contribution >= 4 is 17.3 Å². The van der Waals surface area contributed by atoms with Crippen LogP contribution < -0.4 is 5.32 Å². The van der Waals surface area contributed by atoms with Crippen LogP contribution in [0.3, 0.4) is 0 Å². The second-order valence-electron chi connectivity index (χ2n) is 13.1. The minimum absolute atomic E-state index is 0.0811. The number of benzene rings is 1. The van der Waals surface area contributed by atoms with E-state index in [1.54, 1.807) is 5.57 Å². The summed E-state index contributed by atoms with van der Waals surface area (Å²) < 4.78 is 2.24. The molecular weight excluding hydrogens is 514 g/mol. The van der Waals surface area contributed by atoms with Crippen molar-refractivity contribution in [1.82, 2.24) is 14.8 Å². The van der Waals surface area contributed by atoms with Crippen LogP contribution in [0.4, 0.5) is 4.79 Å². The van der Waals surface area contributed by atoms with Crippen molar-refractivity contribution in [3.63, 3.8) is 0 Å². The minimum Gasteiger partial charge on any atom is -0.338 e. The number of carbonyl (C=O) groups is 1. The van der Waals surface area contributed by atoms with Crippen LogP contribution in [-0.4, -0.2) is 35.1 Å². The Bertz CT molecular complexity index is 1450. The summed E-state index contributed by atoms with van der Waals surface area (Å²) >= 11 is 0. The van der Waals surface area contributed by atoms with Crippen LogP contribution in [0.25, 0.3) is 22.4 Å². The van der Waals surface area contributed by atoms with Crippen molar-refractivity contribution in [3.8, 4) is 11.1 Å². The standard InChI is InChI=1S/C38H47N3O/c1-5-39-38(42)40-23-28-19-34(35(20-28)24-40)21-33-14-6-9-27(4)41-25-36(22-37(33)41)32-17-15-31(16-18-32)30-12-7-10-29(26(2)3)11-8-13-30/h6,9-10,14-18,21-22,25-26,28,30,35H,4-5,7-8,11-13,19-20,23-24H2,1-3H3,(H,39,42)/b29-10-,34-21-. The monoisotopic (exact) mass is 561 g/mol. The van der Waals surface area contributed by atoms with Crippen LogP contribution in [0.1, 0.15) is 82.9 Å². The Balaban J connectivity index is 1.21. The lowest BCUT2D eigenvalue weighted by Gasteiger charge is -2.31.